The summed E-state index contributed by atoms with van der Waals surface area (Å²) in [5.41, 5.74) is 6.37. The summed E-state index contributed by atoms with van der Waals surface area (Å²) >= 11 is 0. The van der Waals surface area contributed by atoms with Gasteiger partial charge in [0.25, 0.3) is 0 Å². The summed E-state index contributed by atoms with van der Waals surface area (Å²) in [5.74, 6) is -1.22. The summed E-state index contributed by atoms with van der Waals surface area (Å²) in [5, 5.41) is 18.7. The number of phenolic OH excluding ortho intramolecular Hbond substituents is 2. The lowest BCUT2D eigenvalue weighted by Gasteiger charge is -2.22. The fourth-order valence-electron chi connectivity index (χ4n) is 1.87. The number of aromatic hydroxyl groups is 2. The van der Waals surface area contributed by atoms with Crippen molar-refractivity contribution in [3.8, 4) is 11.5 Å². The molecule has 0 aliphatic rings. The fraction of sp³-hybridized carbons (Fsp3) is 0.529. The van der Waals surface area contributed by atoms with Gasteiger partial charge in [-0.3, -0.25) is 4.79 Å². The molecule has 0 aliphatic heterocycles. The maximum atomic E-state index is 12.0. The topological polar surface area (TPSA) is 128 Å². The Morgan fingerprint density at radius 3 is 2.36 bits per heavy atom. The van der Waals surface area contributed by atoms with Crippen LogP contribution in [0.3, 0.4) is 0 Å². The highest BCUT2D eigenvalue weighted by atomic mass is 16.7. The monoisotopic (exact) mass is 355 g/mol. The van der Waals surface area contributed by atoms with Crippen LogP contribution in [0.4, 0.5) is 4.79 Å². The quantitative estimate of drug-likeness (QED) is 0.476. The minimum absolute atomic E-state index is 0.118. The van der Waals surface area contributed by atoms with Crippen LogP contribution in [0.1, 0.15) is 32.8 Å². The van der Waals surface area contributed by atoms with Gasteiger partial charge in [0.15, 0.2) is 11.5 Å². The lowest BCUT2D eigenvalue weighted by atomic mass is 10.1. The Morgan fingerprint density at radius 1 is 1.12 bits per heavy atom. The number of carbonyl (C=O) groups is 2. The van der Waals surface area contributed by atoms with E-state index in [1.165, 1.54) is 12.1 Å². The van der Waals surface area contributed by atoms with Gasteiger partial charge in [-0.05, 0) is 44.4 Å². The Bertz CT molecular complexity index is 590. The Morgan fingerprint density at radius 2 is 1.76 bits per heavy atom. The molecule has 0 bridgehead atoms. The molecule has 0 fully saturated rings. The minimum atomic E-state index is -0.967. The van der Waals surface area contributed by atoms with E-state index in [9.17, 15) is 19.8 Å². The fourth-order valence-corrected chi connectivity index (χ4v) is 1.87. The highest BCUT2D eigenvalue weighted by molar-refractivity contribution is 5.76. The van der Waals surface area contributed by atoms with Crippen LogP contribution in [0.5, 0.6) is 11.5 Å². The molecule has 1 aromatic carbocycles. The van der Waals surface area contributed by atoms with Gasteiger partial charge >= 0.3 is 12.1 Å². The van der Waals surface area contributed by atoms with Crippen LogP contribution in [-0.4, -0.2) is 47.2 Å². The van der Waals surface area contributed by atoms with Crippen LogP contribution in [0.25, 0.3) is 0 Å². The molecule has 4 N–H and O–H groups in total. The summed E-state index contributed by atoms with van der Waals surface area (Å²) < 4.78 is 15.0. The van der Waals surface area contributed by atoms with Crippen molar-refractivity contribution in [3.05, 3.63) is 23.8 Å². The molecule has 0 radical (unpaired) electrons. The number of nitrogens with two attached hydrogens (primary N) is 1. The molecular formula is C17H25NO7. The molecule has 8 nitrogen and oxygen atoms in total. The number of hydrogen-bond acceptors (Lipinski definition) is 8. The predicted molar refractivity (Wildman–Crippen MR) is 89.2 cm³/mol. The van der Waals surface area contributed by atoms with E-state index >= 15 is 0 Å². The molecule has 0 unspecified atom stereocenters. The summed E-state index contributed by atoms with van der Waals surface area (Å²) in [6.45, 7) is 5.27. The van der Waals surface area contributed by atoms with Crippen LogP contribution >= 0.6 is 0 Å². The average molecular weight is 355 g/mol. The maximum absolute atomic E-state index is 12.0. The molecule has 1 aromatic rings. The molecule has 8 heteroatoms. The number of hydrogen-bond donors (Lipinski definition) is 3. The summed E-state index contributed by atoms with van der Waals surface area (Å²) in [6.07, 6.45) is -1.43. The van der Waals surface area contributed by atoms with Crippen LogP contribution in [0.2, 0.25) is 0 Å². The SMILES string of the molecule is CCCOC(=O)O[C@@H](C)[C@H](C)OC(=O)[C@@H](N)Cc1ccc(O)c(O)c1. The maximum Gasteiger partial charge on any atom is 0.508 e. The Balaban J connectivity index is 2.50. The van der Waals surface area contributed by atoms with Gasteiger partial charge in [0.05, 0.1) is 6.61 Å². The standard InChI is InChI=1S/C17H25NO7/c1-4-7-23-17(22)25-11(3)10(2)24-16(21)13(18)8-12-5-6-14(19)15(20)9-12/h5-6,9-11,13,19-20H,4,7-8,18H2,1-3H3/t10-,11-,13-/m0/s1. The number of benzene rings is 1. The smallest absolute Gasteiger partial charge is 0.504 e. The second kappa shape index (κ2) is 9.73. The van der Waals surface area contributed by atoms with Crippen LogP contribution in [-0.2, 0) is 25.4 Å². The molecule has 0 aromatic heterocycles. The molecule has 0 aliphatic carbocycles. The zero-order valence-corrected chi connectivity index (χ0v) is 14.6. The summed E-state index contributed by atoms with van der Waals surface area (Å²) in [6, 6.07) is 3.21. The van der Waals surface area contributed by atoms with Gasteiger partial charge in [0.1, 0.15) is 18.2 Å². The van der Waals surface area contributed by atoms with Gasteiger partial charge in [-0.2, -0.15) is 0 Å². The van der Waals surface area contributed by atoms with Crippen LogP contribution in [0.15, 0.2) is 18.2 Å². The van der Waals surface area contributed by atoms with Crippen molar-refractivity contribution >= 4 is 12.1 Å². The number of ether oxygens (including phenoxy) is 3. The van der Waals surface area contributed by atoms with E-state index in [2.05, 4.69) is 0 Å². The highest BCUT2D eigenvalue weighted by Gasteiger charge is 2.24. The first kappa shape index (κ1) is 20.6. The van der Waals surface area contributed by atoms with E-state index in [0.29, 0.717) is 12.0 Å². The number of rotatable bonds is 8. The minimum Gasteiger partial charge on any atom is -0.504 e. The zero-order valence-electron chi connectivity index (χ0n) is 14.6. The molecular weight excluding hydrogens is 330 g/mol. The first-order chi connectivity index (χ1) is 11.7. The number of carbonyl (C=O) groups excluding carboxylic acids is 2. The molecule has 25 heavy (non-hydrogen) atoms. The van der Waals surface area contributed by atoms with Crippen molar-refractivity contribution in [3.63, 3.8) is 0 Å². The van der Waals surface area contributed by atoms with Crippen molar-refractivity contribution in [1.29, 1.82) is 0 Å². The number of phenols is 2. The average Bonchev–Trinajstić information content (AvgIpc) is 2.56. The molecule has 0 heterocycles. The van der Waals surface area contributed by atoms with Gasteiger partial charge in [0, 0.05) is 0 Å². The predicted octanol–water partition coefficient (Wildman–Crippen LogP) is 1.85. The lowest BCUT2D eigenvalue weighted by molar-refractivity contribution is -0.155. The molecule has 1 rings (SSSR count). The summed E-state index contributed by atoms with van der Waals surface area (Å²) in [4.78, 5) is 23.4. The molecule has 0 spiro atoms. The van der Waals surface area contributed by atoms with Crippen molar-refractivity contribution in [2.75, 3.05) is 6.61 Å². The van der Waals surface area contributed by atoms with Crippen molar-refractivity contribution in [2.24, 2.45) is 5.73 Å². The molecule has 140 valence electrons. The molecule has 0 saturated carbocycles. The Kier molecular flexibility index (Phi) is 8.00. The van der Waals surface area contributed by atoms with Crippen LogP contribution < -0.4 is 5.73 Å². The lowest BCUT2D eigenvalue weighted by Crippen LogP contribution is -2.39. The van der Waals surface area contributed by atoms with Gasteiger partial charge in [-0.1, -0.05) is 13.0 Å². The van der Waals surface area contributed by atoms with Crippen molar-refractivity contribution < 1.29 is 34.0 Å². The van der Waals surface area contributed by atoms with E-state index in [-0.39, 0.29) is 24.5 Å². The largest absolute Gasteiger partial charge is 0.508 e. The van der Waals surface area contributed by atoms with Crippen molar-refractivity contribution in [1.82, 2.24) is 0 Å². The zero-order chi connectivity index (χ0) is 19.0. The van der Waals surface area contributed by atoms with Gasteiger partial charge in [0.2, 0.25) is 0 Å². The van der Waals surface area contributed by atoms with E-state index in [1.54, 1.807) is 19.9 Å². The van der Waals surface area contributed by atoms with Crippen molar-refractivity contribution in [2.45, 2.75) is 51.9 Å². The van der Waals surface area contributed by atoms with Crippen LogP contribution in [0, 0.1) is 0 Å². The molecule has 0 amide bonds. The molecule has 0 saturated heterocycles. The second-order valence-electron chi connectivity index (χ2n) is 5.70. The van der Waals surface area contributed by atoms with Gasteiger partial charge in [-0.25, -0.2) is 4.79 Å². The third-order valence-corrected chi connectivity index (χ3v) is 3.47. The van der Waals surface area contributed by atoms with Gasteiger partial charge in [-0.15, -0.1) is 0 Å². The summed E-state index contributed by atoms with van der Waals surface area (Å²) in [7, 11) is 0. The normalized spacial score (nSPS) is 14.2. The van der Waals surface area contributed by atoms with E-state index in [4.69, 9.17) is 19.9 Å². The number of esters is 1. The second-order valence-corrected chi connectivity index (χ2v) is 5.70. The first-order valence-electron chi connectivity index (χ1n) is 8.04. The third kappa shape index (κ3) is 6.88. The Labute approximate surface area is 146 Å². The Hall–Kier alpha value is -2.48. The third-order valence-electron chi connectivity index (χ3n) is 3.47. The highest BCUT2D eigenvalue weighted by Crippen LogP contribution is 2.25. The van der Waals surface area contributed by atoms with Gasteiger partial charge < -0.3 is 30.2 Å². The van der Waals surface area contributed by atoms with E-state index in [1.807, 2.05) is 6.92 Å². The molecule has 3 atom stereocenters. The van der Waals surface area contributed by atoms with E-state index < -0.39 is 30.4 Å². The first-order valence-corrected chi connectivity index (χ1v) is 8.04. The van der Waals surface area contributed by atoms with E-state index in [0.717, 1.165) is 0 Å².